The van der Waals surface area contributed by atoms with Crippen LogP contribution in [0.5, 0.6) is 11.6 Å². The molecule has 0 aliphatic heterocycles. The van der Waals surface area contributed by atoms with Crippen molar-refractivity contribution in [1.82, 2.24) is 9.97 Å². The van der Waals surface area contributed by atoms with Crippen LogP contribution in [0.4, 0.5) is 5.69 Å². The molecule has 0 aliphatic carbocycles. The van der Waals surface area contributed by atoms with Crippen LogP contribution in [0.1, 0.15) is 10.5 Å². The fourth-order valence-electron chi connectivity index (χ4n) is 1.28. The van der Waals surface area contributed by atoms with Gasteiger partial charge in [-0.3, -0.25) is 10.1 Å². The first-order valence-electron chi connectivity index (χ1n) is 5.14. The Morgan fingerprint density at radius 3 is 2.65 bits per heavy atom. The van der Waals surface area contributed by atoms with Gasteiger partial charge in [0.1, 0.15) is 0 Å². The highest BCUT2D eigenvalue weighted by Crippen LogP contribution is 2.32. The molecular formula is C11H6BrN3O5. The van der Waals surface area contributed by atoms with Crippen LogP contribution < -0.4 is 4.74 Å². The fourth-order valence-corrected chi connectivity index (χ4v) is 1.60. The molecule has 8 nitrogen and oxygen atoms in total. The Morgan fingerprint density at radius 2 is 2.10 bits per heavy atom. The molecule has 0 aliphatic rings. The Hall–Kier alpha value is -2.55. The maximum atomic E-state index is 10.7. The summed E-state index contributed by atoms with van der Waals surface area (Å²) in [5.41, 5.74) is -0.367. The summed E-state index contributed by atoms with van der Waals surface area (Å²) >= 11 is 3.18. The minimum atomic E-state index is -1.21. The highest BCUT2D eigenvalue weighted by molar-refractivity contribution is 9.10. The van der Waals surface area contributed by atoms with E-state index in [4.69, 9.17) is 9.84 Å². The predicted molar refractivity (Wildman–Crippen MR) is 69.9 cm³/mol. The van der Waals surface area contributed by atoms with E-state index >= 15 is 0 Å². The summed E-state index contributed by atoms with van der Waals surface area (Å²) in [6.45, 7) is 0. The standard InChI is InChI=1S/C11H6BrN3O5/c12-7-2-1-6(15(18)19)3-9(7)20-10-5-13-8(4-14-10)11(16)17/h1-5H,(H,16,17). The molecule has 0 saturated heterocycles. The summed E-state index contributed by atoms with van der Waals surface area (Å²) in [4.78, 5) is 28.1. The second-order valence-corrected chi connectivity index (χ2v) is 4.37. The first-order chi connectivity index (χ1) is 9.47. The van der Waals surface area contributed by atoms with E-state index in [2.05, 4.69) is 25.9 Å². The Labute approximate surface area is 120 Å². The normalized spacial score (nSPS) is 10.1. The van der Waals surface area contributed by atoms with Gasteiger partial charge in [0.25, 0.3) is 5.69 Å². The van der Waals surface area contributed by atoms with Crippen molar-refractivity contribution in [2.24, 2.45) is 0 Å². The van der Waals surface area contributed by atoms with Gasteiger partial charge in [0, 0.05) is 6.07 Å². The number of carboxylic acids is 1. The molecule has 0 atom stereocenters. The zero-order valence-electron chi connectivity index (χ0n) is 9.69. The second kappa shape index (κ2) is 5.61. The third-order valence-corrected chi connectivity index (χ3v) is 2.84. The molecule has 0 unspecified atom stereocenters. The molecule has 0 spiro atoms. The lowest BCUT2D eigenvalue weighted by Crippen LogP contribution is -2.01. The van der Waals surface area contributed by atoms with Crippen molar-refractivity contribution < 1.29 is 19.6 Å². The van der Waals surface area contributed by atoms with Crippen LogP contribution in [0, 0.1) is 10.1 Å². The number of hydrogen-bond donors (Lipinski definition) is 1. The van der Waals surface area contributed by atoms with E-state index in [1.807, 2.05) is 0 Å². The third-order valence-electron chi connectivity index (χ3n) is 2.19. The minimum Gasteiger partial charge on any atom is -0.476 e. The average Bonchev–Trinajstić information content (AvgIpc) is 2.41. The zero-order chi connectivity index (χ0) is 14.7. The SMILES string of the molecule is O=C(O)c1cnc(Oc2cc([N+](=O)[O-])ccc2Br)cn1. The lowest BCUT2D eigenvalue weighted by atomic mass is 10.3. The number of aromatic carboxylic acids is 1. The van der Waals surface area contributed by atoms with Crippen molar-refractivity contribution in [3.63, 3.8) is 0 Å². The van der Waals surface area contributed by atoms with Gasteiger partial charge in [0.15, 0.2) is 11.4 Å². The fraction of sp³-hybridized carbons (Fsp3) is 0. The molecule has 1 aromatic carbocycles. The van der Waals surface area contributed by atoms with Gasteiger partial charge >= 0.3 is 5.97 Å². The second-order valence-electron chi connectivity index (χ2n) is 3.52. The maximum absolute atomic E-state index is 10.7. The van der Waals surface area contributed by atoms with Crippen LogP contribution in [0.25, 0.3) is 0 Å². The van der Waals surface area contributed by atoms with Crippen LogP contribution in [0.2, 0.25) is 0 Å². The topological polar surface area (TPSA) is 115 Å². The Morgan fingerprint density at radius 1 is 1.35 bits per heavy atom. The third kappa shape index (κ3) is 3.06. The lowest BCUT2D eigenvalue weighted by molar-refractivity contribution is -0.384. The number of nitro groups is 1. The highest BCUT2D eigenvalue weighted by Gasteiger charge is 2.12. The van der Waals surface area contributed by atoms with Crippen molar-refractivity contribution in [2.45, 2.75) is 0 Å². The van der Waals surface area contributed by atoms with E-state index in [-0.39, 0.29) is 23.0 Å². The molecule has 1 heterocycles. The number of non-ortho nitro benzene ring substituents is 1. The quantitative estimate of drug-likeness (QED) is 0.672. The summed E-state index contributed by atoms with van der Waals surface area (Å²) in [6.07, 6.45) is 2.15. The van der Waals surface area contributed by atoms with Gasteiger partial charge in [-0.1, -0.05) is 0 Å². The van der Waals surface area contributed by atoms with Crippen molar-refractivity contribution in [3.8, 4) is 11.6 Å². The van der Waals surface area contributed by atoms with Crippen molar-refractivity contribution in [3.05, 3.63) is 50.9 Å². The maximum Gasteiger partial charge on any atom is 0.356 e. The first-order valence-corrected chi connectivity index (χ1v) is 5.94. The highest BCUT2D eigenvalue weighted by atomic mass is 79.9. The van der Waals surface area contributed by atoms with Gasteiger partial charge in [-0.15, -0.1) is 0 Å². The lowest BCUT2D eigenvalue weighted by Gasteiger charge is -2.06. The van der Waals surface area contributed by atoms with Gasteiger partial charge in [-0.05, 0) is 22.0 Å². The van der Waals surface area contributed by atoms with E-state index < -0.39 is 10.9 Å². The number of aromatic nitrogens is 2. The van der Waals surface area contributed by atoms with E-state index in [0.717, 1.165) is 12.4 Å². The monoisotopic (exact) mass is 339 g/mol. The first kappa shape index (κ1) is 13.9. The number of halogens is 1. The molecule has 0 amide bonds. The molecule has 102 valence electrons. The number of carboxylic acid groups (broad SMARTS) is 1. The van der Waals surface area contributed by atoms with Gasteiger partial charge in [0.2, 0.25) is 5.88 Å². The summed E-state index contributed by atoms with van der Waals surface area (Å²) in [5.74, 6) is -1.01. The van der Waals surface area contributed by atoms with Crippen LogP contribution in [-0.2, 0) is 0 Å². The van der Waals surface area contributed by atoms with Gasteiger partial charge in [-0.25, -0.2) is 14.8 Å². The summed E-state index contributed by atoms with van der Waals surface area (Å²) in [7, 11) is 0. The molecule has 1 N–H and O–H groups in total. The molecule has 0 bridgehead atoms. The number of hydrogen-bond acceptors (Lipinski definition) is 6. The number of benzene rings is 1. The number of nitro benzene ring substituents is 1. The summed E-state index contributed by atoms with van der Waals surface area (Å²) < 4.78 is 5.81. The van der Waals surface area contributed by atoms with Crippen molar-refractivity contribution >= 4 is 27.6 Å². The predicted octanol–water partition coefficient (Wildman–Crippen LogP) is 2.64. The molecular weight excluding hydrogens is 334 g/mol. The zero-order valence-corrected chi connectivity index (χ0v) is 11.3. The number of rotatable bonds is 4. The summed E-state index contributed by atoms with van der Waals surface area (Å²) in [6, 6.07) is 4.00. The van der Waals surface area contributed by atoms with E-state index in [1.54, 1.807) is 0 Å². The summed E-state index contributed by atoms with van der Waals surface area (Å²) in [5, 5.41) is 19.4. The molecule has 2 aromatic rings. The smallest absolute Gasteiger partial charge is 0.356 e. The van der Waals surface area contributed by atoms with Crippen LogP contribution in [-0.4, -0.2) is 26.0 Å². The van der Waals surface area contributed by atoms with E-state index in [1.165, 1.54) is 18.2 Å². The van der Waals surface area contributed by atoms with Crippen molar-refractivity contribution in [2.75, 3.05) is 0 Å². The Bertz CT molecular complexity index is 674. The molecule has 20 heavy (non-hydrogen) atoms. The van der Waals surface area contributed by atoms with E-state index in [0.29, 0.717) is 4.47 Å². The van der Waals surface area contributed by atoms with Crippen molar-refractivity contribution in [1.29, 1.82) is 0 Å². The largest absolute Gasteiger partial charge is 0.476 e. The van der Waals surface area contributed by atoms with Gasteiger partial charge in [0.05, 0.1) is 27.9 Å². The molecule has 0 fully saturated rings. The molecule has 1 aromatic heterocycles. The Kier molecular flexibility index (Phi) is 3.89. The average molecular weight is 340 g/mol. The Balaban J connectivity index is 2.27. The van der Waals surface area contributed by atoms with Crippen LogP contribution >= 0.6 is 15.9 Å². The van der Waals surface area contributed by atoms with Crippen LogP contribution in [0.15, 0.2) is 35.1 Å². The van der Waals surface area contributed by atoms with Gasteiger partial charge in [-0.2, -0.15) is 0 Å². The van der Waals surface area contributed by atoms with Gasteiger partial charge < -0.3 is 9.84 Å². The van der Waals surface area contributed by atoms with Crippen LogP contribution in [0.3, 0.4) is 0 Å². The van der Waals surface area contributed by atoms with E-state index in [9.17, 15) is 14.9 Å². The number of ether oxygens (including phenoxy) is 1. The molecule has 0 radical (unpaired) electrons. The molecule has 0 saturated carbocycles. The minimum absolute atomic E-state index is 0.0243. The number of carbonyl (C=O) groups is 1. The molecule has 9 heteroatoms. The number of nitrogens with zero attached hydrogens (tertiary/aromatic N) is 3. The molecule has 2 rings (SSSR count).